The Morgan fingerprint density at radius 3 is 2.61 bits per heavy atom. The Balaban J connectivity index is 1.95. The van der Waals surface area contributed by atoms with Gasteiger partial charge in [0.2, 0.25) is 0 Å². The van der Waals surface area contributed by atoms with Crippen molar-refractivity contribution in [3.05, 3.63) is 52.3 Å². The summed E-state index contributed by atoms with van der Waals surface area (Å²) in [4.78, 5) is 37.9. The maximum atomic E-state index is 11.9. The molecule has 0 aliphatic rings. The van der Waals surface area contributed by atoms with Gasteiger partial charge in [0.15, 0.2) is 6.61 Å². The van der Waals surface area contributed by atoms with Crippen LogP contribution in [0, 0.1) is 0 Å². The highest BCUT2D eigenvalue weighted by molar-refractivity contribution is 9.10. The largest absolute Gasteiger partial charge is 0.465 e. The third kappa shape index (κ3) is 4.43. The summed E-state index contributed by atoms with van der Waals surface area (Å²) >= 11 is 3.19. The van der Waals surface area contributed by atoms with Gasteiger partial charge in [-0.25, -0.2) is 9.59 Å². The van der Waals surface area contributed by atoms with E-state index in [9.17, 15) is 14.4 Å². The number of aromatic nitrogens is 1. The van der Waals surface area contributed by atoms with Crippen LogP contribution in [0.4, 0.5) is 5.69 Å². The zero-order valence-electron chi connectivity index (χ0n) is 12.1. The molecule has 2 rings (SSSR count). The molecule has 0 bridgehead atoms. The zero-order valence-corrected chi connectivity index (χ0v) is 13.7. The standard InChI is InChI=1S/C15H13BrN2O5/c1-22-14(20)10-4-2-3-5-11(10)18-13(19)8-23-15(21)12-6-9(16)7-17-12/h2-7,17H,8H2,1H3,(H,18,19). The van der Waals surface area contributed by atoms with Gasteiger partial charge in [-0.1, -0.05) is 12.1 Å². The number of esters is 2. The number of aromatic amines is 1. The molecular weight excluding hydrogens is 368 g/mol. The molecule has 23 heavy (non-hydrogen) atoms. The smallest absolute Gasteiger partial charge is 0.355 e. The minimum Gasteiger partial charge on any atom is -0.465 e. The van der Waals surface area contributed by atoms with E-state index in [2.05, 4.69) is 31.0 Å². The molecule has 0 saturated heterocycles. The number of carbonyl (C=O) groups is 3. The number of halogens is 1. The molecular formula is C15H13BrN2O5. The van der Waals surface area contributed by atoms with E-state index < -0.39 is 24.5 Å². The molecule has 120 valence electrons. The van der Waals surface area contributed by atoms with Crippen molar-refractivity contribution in [2.75, 3.05) is 19.0 Å². The number of H-pyrrole nitrogens is 1. The molecule has 0 aliphatic heterocycles. The van der Waals surface area contributed by atoms with Crippen molar-refractivity contribution in [3.8, 4) is 0 Å². The van der Waals surface area contributed by atoms with Crippen LogP contribution in [0.2, 0.25) is 0 Å². The number of nitrogens with one attached hydrogen (secondary N) is 2. The van der Waals surface area contributed by atoms with Crippen LogP contribution in [0.3, 0.4) is 0 Å². The van der Waals surface area contributed by atoms with Crippen LogP contribution < -0.4 is 5.32 Å². The lowest BCUT2D eigenvalue weighted by atomic mass is 10.2. The first-order valence-corrected chi connectivity index (χ1v) is 7.29. The van der Waals surface area contributed by atoms with Crippen molar-refractivity contribution in [2.24, 2.45) is 0 Å². The Hall–Kier alpha value is -2.61. The number of amides is 1. The summed E-state index contributed by atoms with van der Waals surface area (Å²) in [6.45, 7) is -0.481. The van der Waals surface area contributed by atoms with Gasteiger partial charge in [0.1, 0.15) is 5.69 Å². The van der Waals surface area contributed by atoms with E-state index in [-0.39, 0.29) is 16.9 Å². The summed E-state index contributed by atoms with van der Waals surface area (Å²) in [6.07, 6.45) is 1.57. The van der Waals surface area contributed by atoms with Crippen LogP contribution in [0.5, 0.6) is 0 Å². The Morgan fingerprint density at radius 2 is 1.96 bits per heavy atom. The second-order valence-corrected chi connectivity index (χ2v) is 5.31. The molecule has 2 aromatic rings. The molecule has 1 aromatic heterocycles. The average Bonchev–Trinajstić information content (AvgIpc) is 2.99. The van der Waals surface area contributed by atoms with Crippen molar-refractivity contribution >= 4 is 39.5 Å². The highest BCUT2D eigenvalue weighted by Crippen LogP contribution is 2.16. The Kier molecular flexibility index (Phi) is 5.53. The van der Waals surface area contributed by atoms with Crippen molar-refractivity contribution in [2.45, 2.75) is 0 Å². The first-order valence-electron chi connectivity index (χ1n) is 6.49. The van der Waals surface area contributed by atoms with Gasteiger partial charge in [-0.3, -0.25) is 4.79 Å². The molecule has 0 fully saturated rings. The van der Waals surface area contributed by atoms with Gasteiger partial charge < -0.3 is 19.8 Å². The molecule has 1 amide bonds. The maximum absolute atomic E-state index is 11.9. The summed E-state index contributed by atoms with van der Waals surface area (Å²) in [5, 5.41) is 2.50. The van der Waals surface area contributed by atoms with Gasteiger partial charge in [-0.15, -0.1) is 0 Å². The van der Waals surface area contributed by atoms with Crippen molar-refractivity contribution in [3.63, 3.8) is 0 Å². The summed E-state index contributed by atoms with van der Waals surface area (Å²) < 4.78 is 10.2. The van der Waals surface area contributed by atoms with Crippen molar-refractivity contribution in [1.29, 1.82) is 0 Å². The Morgan fingerprint density at radius 1 is 1.22 bits per heavy atom. The van der Waals surface area contributed by atoms with Crippen molar-refractivity contribution in [1.82, 2.24) is 4.98 Å². The Labute approximate surface area is 140 Å². The number of rotatable bonds is 5. The fourth-order valence-corrected chi connectivity index (χ4v) is 2.10. The molecule has 7 nitrogen and oxygen atoms in total. The number of benzene rings is 1. The zero-order chi connectivity index (χ0) is 16.8. The molecule has 1 aromatic carbocycles. The van der Waals surface area contributed by atoms with E-state index >= 15 is 0 Å². The number of ether oxygens (including phenoxy) is 2. The van der Waals surface area contributed by atoms with E-state index in [1.807, 2.05) is 0 Å². The summed E-state index contributed by atoms with van der Waals surface area (Å²) in [7, 11) is 1.25. The van der Waals surface area contributed by atoms with Gasteiger partial charge in [-0.05, 0) is 34.1 Å². The predicted octanol–water partition coefficient (Wildman–Crippen LogP) is 2.36. The lowest BCUT2D eigenvalue weighted by Gasteiger charge is -2.09. The topological polar surface area (TPSA) is 97.5 Å². The van der Waals surface area contributed by atoms with Gasteiger partial charge >= 0.3 is 11.9 Å². The van der Waals surface area contributed by atoms with Gasteiger partial charge in [0, 0.05) is 10.7 Å². The number of hydrogen-bond donors (Lipinski definition) is 2. The fourth-order valence-electron chi connectivity index (χ4n) is 1.76. The molecule has 2 N–H and O–H groups in total. The van der Waals surface area contributed by atoms with Crippen LogP contribution in [-0.2, 0) is 14.3 Å². The number of anilines is 1. The second kappa shape index (κ2) is 7.59. The van der Waals surface area contributed by atoms with Crippen LogP contribution in [0.15, 0.2) is 41.0 Å². The van der Waals surface area contributed by atoms with Gasteiger partial charge in [0.25, 0.3) is 5.91 Å². The molecule has 0 aliphatic carbocycles. The number of para-hydroxylation sites is 1. The number of hydrogen-bond acceptors (Lipinski definition) is 5. The van der Waals surface area contributed by atoms with Gasteiger partial charge in [-0.2, -0.15) is 0 Å². The SMILES string of the molecule is COC(=O)c1ccccc1NC(=O)COC(=O)c1cc(Br)c[nH]1. The average molecular weight is 381 g/mol. The van der Waals surface area contributed by atoms with E-state index in [1.165, 1.54) is 19.2 Å². The first kappa shape index (κ1) is 16.8. The predicted molar refractivity (Wildman–Crippen MR) is 85.2 cm³/mol. The lowest BCUT2D eigenvalue weighted by molar-refractivity contribution is -0.119. The minimum absolute atomic E-state index is 0.211. The highest BCUT2D eigenvalue weighted by atomic mass is 79.9. The molecule has 0 saturated carbocycles. The summed E-state index contributed by atoms with van der Waals surface area (Å²) in [5.41, 5.74) is 0.714. The fraction of sp³-hybridized carbons (Fsp3) is 0.133. The minimum atomic E-state index is -0.660. The van der Waals surface area contributed by atoms with E-state index in [4.69, 9.17) is 4.74 Å². The van der Waals surface area contributed by atoms with Crippen LogP contribution in [0.1, 0.15) is 20.8 Å². The number of carbonyl (C=O) groups excluding carboxylic acids is 3. The molecule has 1 heterocycles. The first-order chi connectivity index (χ1) is 11.0. The number of methoxy groups -OCH3 is 1. The molecule has 0 unspecified atom stereocenters. The summed E-state index contributed by atoms with van der Waals surface area (Å²) in [5.74, 6) is -1.80. The van der Waals surface area contributed by atoms with E-state index in [1.54, 1.807) is 24.4 Å². The maximum Gasteiger partial charge on any atom is 0.355 e. The quantitative estimate of drug-likeness (QED) is 0.775. The Bertz CT molecular complexity index is 741. The highest BCUT2D eigenvalue weighted by Gasteiger charge is 2.15. The van der Waals surface area contributed by atoms with E-state index in [0.717, 1.165) is 0 Å². The van der Waals surface area contributed by atoms with Crippen molar-refractivity contribution < 1.29 is 23.9 Å². The van der Waals surface area contributed by atoms with Gasteiger partial charge in [0.05, 0.1) is 18.4 Å². The van der Waals surface area contributed by atoms with E-state index in [0.29, 0.717) is 4.47 Å². The van der Waals surface area contributed by atoms with Crippen LogP contribution in [-0.4, -0.2) is 36.5 Å². The lowest BCUT2D eigenvalue weighted by Crippen LogP contribution is -2.22. The van der Waals surface area contributed by atoms with Crippen LogP contribution >= 0.6 is 15.9 Å². The molecule has 0 atom stereocenters. The monoisotopic (exact) mass is 380 g/mol. The normalized spacial score (nSPS) is 10.0. The second-order valence-electron chi connectivity index (χ2n) is 4.39. The third-order valence-electron chi connectivity index (χ3n) is 2.81. The third-order valence-corrected chi connectivity index (χ3v) is 3.27. The molecule has 0 radical (unpaired) electrons. The molecule has 8 heteroatoms. The molecule has 0 spiro atoms. The van der Waals surface area contributed by atoms with Crippen LogP contribution in [0.25, 0.3) is 0 Å². The summed E-state index contributed by atoms with van der Waals surface area (Å²) in [6, 6.07) is 7.90.